The van der Waals surface area contributed by atoms with E-state index in [9.17, 15) is 4.79 Å². The SMILES string of the molecule is CCCCOC(=O)C1=C(C)Nc2nnnn2[C@@H]1c1ccc(OCc2ccccc2Cl)cc1. The van der Waals surface area contributed by atoms with E-state index in [0.29, 0.717) is 41.2 Å². The monoisotopic (exact) mass is 453 g/mol. The molecule has 1 atom stereocenters. The molecule has 1 aromatic heterocycles. The van der Waals surface area contributed by atoms with Gasteiger partial charge in [0.15, 0.2) is 0 Å². The second-order valence-electron chi connectivity index (χ2n) is 7.45. The summed E-state index contributed by atoms with van der Waals surface area (Å²) in [5.41, 5.74) is 2.89. The minimum Gasteiger partial charge on any atom is -0.489 e. The Bertz CT molecular complexity index is 1130. The molecule has 0 aliphatic carbocycles. The lowest BCUT2D eigenvalue weighted by Gasteiger charge is -2.27. The van der Waals surface area contributed by atoms with Crippen LogP contribution in [-0.2, 0) is 16.1 Å². The van der Waals surface area contributed by atoms with E-state index in [-0.39, 0.29) is 5.97 Å². The molecule has 0 saturated carbocycles. The van der Waals surface area contributed by atoms with Crippen LogP contribution in [0, 0.1) is 0 Å². The molecule has 0 amide bonds. The molecule has 0 radical (unpaired) electrons. The number of nitrogens with zero attached hydrogens (tertiary/aromatic N) is 4. The summed E-state index contributed by atoms with van der Waals surface area (Å²) in [5.74, 6) is 0.776. The number of hydrogen-bond acceptors (Lipinski definition) is 7. The highest BCUT2D eigenvalue weighted by Crippen LogP contribution is 2.35. The van der Waals surface area contributed by atoms with Crippen LogP contribution >= 0.6 is 11.6 Å². The first-order valence-corrected chi connectivity index (χ1v) is 10.8. The van der Waals surface area contributed by atoms with Crippen molar-refractivity contribution in [3.8, 4) is 5.75 Å². The number of hydrogen-bond donors (Lipinski definition) is 1. The number of aromatic nitrogens is 4. The first-order chi connectivity index (χ1) is 15.6. The fourth-order valence-corrected chi connectivity index (χ4v) is 3.68. The molecule has 4 rings (SSSR count). The van der Waals surface area contributed by atoms with Crippen molar-refractivity contribution >= 4 is 23.5 Å². The van der Waals surface area contributed by atoms with Gasteiger partial charge in [0.05, 0.1) is 12.2 Å². The molecule has 9 heteroatoms. The van der Waals surface area contributed by atoms with Gasteiger partial charge in [0.2, 0.25) is 5.95 Å². The van der Waals surface area contributed by atoms with Crippen LogP contribution in [0.1, 0.15) is 43.9 Å². The molecule has 0 saturated heterocycles. The predicted octanol–water partition coefficient (Wildman–Crippen LogP) is 4.54. The molecule has 0 fully saturated rings. The van der Waals surface area contributed by atoms with Crippen LogP contribution in [0.15, 0.2) is 59.8 Å². The van der Waals surface area contributed by atoms with E-state index in [1.54, 1.807) is 4.68 Å². The van der Waals surface area contributed by atoms with Crippen LogP contribution in [-0.4, -0.2) is 32.8 Å². The van der Waals surface area contributed by atoms with Gasteiger partial charge in [-0.25, -0.2) is 4.79 Å². The van der Waals surface area contributed by atoms with Crippen molar-refractivity contribution < 1.29 is 14.3 Å². The zero-order valence-electron chi connectivity index (χ0n) is 17.9. The number of ether oxygens (including phenoxy) is 2. The summed E-state index contributed by atoms with van der Waals surface area (Å²) in [6.07, 6.45) is 1.75. The Morgan fingerprint density at radius 1 is 1.19 bits per heavy atom. The summed E-state index contributed by atoms with van der Waals surface area (Å²) in [4.78, 5) is 12.9. The van der Waals surface area contributed by atoms with E-state index in [1.807, 2.05) is 62.4 Å². The molecule has 32 heavy (non-hydrogen) atoms. The van der Waals surface area contributed by atoms with Crippen molar-refractivity contribution in [3.63, 3.8) is 0 Å². The number of allylic oxidation sites excluding steroid dienone is 1. The van der Waals surface area contributed by atoms with Crippen LogP contribution in [0.2, 0.25) is 5.02 Å². The molecule has 1 aliphatic rings. The van der Waals surface area contributed by atoms with Crippen molar-refractivity contribution in [3.05, 3.63) is 76.0 Å². The van der Waals surface area contributed by atoms with E-state index in [4.69, 9.17) is 21.1 Å². The van der Waals surface area contributed by atoms with Crippen molar-refractivity contribution in [2.24, 2.45) is 0 Å². The normalized spacial score (nSPS) is 15.2. The number of unbranched alkanes of at least 4 members (excludes halogenated alkanes) is 1. The highest BCUT2D eigenvalue weighted by Gasteiger charge is 2.34. The molecular weight excluding hydrogens is 430 g/mol. The van der Waals surface area contributed by atoms with Crippen molar-refractivity contribution in [2.75, 3.05) is 11.9 Å². The molecule has 0 spiro atoms. The molecule has 1 aliphatic heterocycles. The Balaban J connectivity index is 1.57. The summed E-state index contributed by atoms with van der Waals surface area (Å²) < 4.78 is 13.0. The Morgan fingerprint density at radius 2 is 1.97 bits per heavy atom. The van der Waals surface area contributed by atoms with Crippen LogP contribution in [0.5, 0.6) is 5.75 Å². The Morgan fingerprint density at radius 3 is 2.72 bits per heavy atom. The summed E-state index contributed by atoms with van der Waals surface area (Å²) in [5, 5.41) is 15.6. The average molecular weight is 454 g/mol. The molecule has 166 valence electrons. The predicted molar refractivity (Wildman–Crippen MR) is 120 cm³/mol. The van der Waals surface area contributed by atoms with Gasteiger partial charge in [0.25, 0.3) is 0 Å². The number of nitrogens with one attached hydrogen (secondary N) is 1. The van der Waals surface area contributed by atoms with E-state index >= 15 is 0 Å². The zero-order valence-corrected chi connectivity index (χ0v) is 18.7. The summed E-state index contributed by atoms with van der Waals surface area (Å²) in [6, 6.07) is 14.6. The van der Waals surface area contributed by atoms with Gasteiger partial charge in [0, 0.05) is 16.3 Å². The fourth-order valence-electron chi connectivity index (χ4n) is 3.49. The van der Waals surface area contributed by atoms with Crippen LogP contribution in [0.4, 0.5) is 5.95 Å². The minimum absolute atomic E-state index is 0.359. The van der Waals surface area contributed by atoms with Gasteiger partial charge >= 0.3 is 5.97 Å². The largest absolute Gasteiger partial charge is 0.489 e. The number of benzene rings is 2. The van der Waals surface area contributed by atoms with Crippen molar-refractivity contribution in [2.45, 2.75) is 39.3 Å². The standard InChI is InChI=1S/C23H24ClN5O3/c1-3-4-13-31-22(30)20-15(2)25-23-26-27-28-29(23)21(20)16-9-11-18(12-10-16)32-14-17-7-5-6-8-19(17)24/h5-12,21H,3-4,13-14H2,1-2H3,(H,25,26,28)/t21-/m1/s1. The first-order valence-electron chi connectivity index (χ1n) is 10.5. The van der Waals surface area contributed by atoms with Crippen molar-refractivity contribution in [1.82, 2.24) is 20.2 Å². The number of carbonyl (C=O) groups is 1. The fraction of sp³-hybridized carbons (Fsp3) is 0.304. The van der Waals surface area contributed by atoms with E-state index in [1.165, 1.54) is 0 Å². The number of anilines is 1. The summed E-state index contributed by atoms with van der Waals surface area (Å²) in [7, 11) is 0. The number of fused-ring (bicyclic) bond motifs is 1. The maximum Gasteiger partial charge on any atom is 0.338 e. The van der Waals surface area contributed by atoms with E-state index in [0.717, 1.165) is 24.0 Å². The van der Waals surface area contributed by atoms with E-state index in [2.05, 4.69) is 20.8 Å². The highest BCUT2D eigenvalue weighted by molar-refractivity contribution is 6.31. The quantitative estimate of drug-likeness (QED) is 0.395. The number of esters is 1. The minimum atomic E-state index is -0.506. The van der Waals surface area contributed by atoms with Gasteiger partial charge in [-0.05, 0) is 47.5 Å². The third-order valence-electron chi connectivity index (χ3n) is 5.21. The van der Waals surface area contributed by atoms with Gasteiger partial charge in [0.1, 0.15) is 18.4 Å². The molecule has 8 nitrogen and oxygen atoms in total. The molecule has 0 bridgehead atoms. The molecule has 0 unspecified atom stereocenters. The molecule has 3 aromatic rings. The Labute approximate surface area is 191 Å². The molecule has 2 heterocycles. The maximum absolute atomic E-state index is 12.9. The van der Waals surface area contributed by atoms with Gasteiger partial charge in [-0.2, -0.15) is 4.68 Å². The third kappa shape index (κ3) is 4.60. The van der Waals surface area contributed by atoms with Gasteiger partial charge < -0.3 is 14.8 Å². The number of tetrazole rings is 1. The van der Waals surface area contributed by atoms with E-state index < -0.39 is 6.04 Å². The number of halogens is 1. The van der Waals surface area contributed by atoms with Gasteiger partial charge in [-0.1, -0.05) is 60.4 Å². The third-order valence-corrected chi connectivity index (χ3v) is 5.58. The van der Waals surface area contributed by atoms with Gasteiger partial charge in [-0.15, -0.1) is 0 Å². The summed E-state index contributed by atoms with van der Waals surface area (Å²) in [6.45, 7) is 4.60. The summed E-state index contributed by atoms with van der Waals surface area (Å²) >= 11 is 6.20. The van der Waals surface area contributed by atoms with Crippen molar-refractivity contribution in [1.29, 1.82) is 0 Å². The van der Waals surface area contributed by atoms with Crippen LogP contribution < -0.4 is 10.1 Å². The second kappa shape index (κ2) is 9.82. The molecular formula is C23H24ClN5O3. The maximum atomic E-state index is 12.9. The lowest BCUT2D eigenvalue weighted by molar-refractivity contribution is -0.139. The average Bonchev–Trinajstić information content (AvgIpc) is 3.26. The Hall–Kier alpha value is -3.39. The first kappa shape index (κ1) is 21.8. The molecule has 1 N–H and O–H groups in total. The molecule has 2 aromatic carbocycles. The smallest absolute Gasteiger partial charge is 0.338 e. The lowest BCUT2D eigenvalue weighted by atomic mass is 9.96. The second-order valence-corrected chi connectivity index (χ2v) is 7.86. The number of rotatable bonds is 8. The van der Waals surface area contributed by atoms with Crippen LogP contribution in [0.25, 0.3) is 0 Å². The topological polar surface area (TPSA) is 91.2 Å². The number of carbonyl (C=O) groups excluding carboxylic acids is 1. The van der Waals surface area contributed by atoms with Crippen LogP contribution in [0.3, 0.4) is 0 Å². The highest BCUT2D eigenvalue weighted by atomic mass is 35.5. The lowest BCUT2D eigenvalue weighted by Crippen LogP contribution is -2.29. The van der Waals surface area contributed by atoms with Gasteiger partial charge in [-0.3, -0.25) is 0 Å². The zero-order chi connectivity index (χ0) is 22.5. The Kier molecular flexibility index (Phi) is 6.70.